The second-order valence-corrected chi connectivity index (χ2v) is 12.8. The van der Waals surface area contributed by atoms with Crippen LogP contribution in [0.3, 0.4) is 0 Å². The number of hydrogen-bond donors (Lipinski definition) is 3. The number of benzene rings is 2. The van der Waals surface area contributed by atoms with Crippen LogP contribution in [0.4, 0.5) is 5.69 Å². The van der Waals surface area contributed by atoms with E-state index in [1.165, 1.54) is 18.2 Å². The third-order valence-electron chi connectivity index (χ3n) is 8.55. The van der Waals surface area contributed by atoms with Crippen LogP contribution in [0.15, 0.2) is 59.0 Å². The number of hydroxylamine groups is 2. The van der Waals surface area contributed by atoms with Gasteiger partial charge in [0.1, 0.15) is 17.3 Å². The van der Waals surface area contributed by atoms with Crippen LogP contribution in [0.5, 0.6) is 11.5 Å². The summed E-state index contributed by atoms with van der Waals surface area (Å²) < 4.78 is 27.5. The number of furan rings is 1. The predicted molar refractivity (Wildman–Crippen MR) is 191 cm³/mol. The van der Waals surface area contributed by atoms with Gasteiger partial charge >= 0.3 is 14.2 Å². The molecule has 4 rings (SSSR count). The Balaban J connectivity index is 1.39. The Morgan fingerprint density at radius 3 is 2.37 bits per heavy atom. The van der Waals surface area contributed by atoms with Gasteiger partial charge in [-0.15, -0.1) is 0 Å². The zero-order valence-electron chi connectivity index (χ0n) is 29.2. The summed E-state index contributed by atoms with van der Waals surface area (Å²) in [5, 5.41) is 6.25. The molecular weight excluding hydrogens is 679 g/mol. The first-order chi connectivity index (χ1) is 24.7. The lowest BCUT2D eigenvalue weighted by atomic mass is 9.90. The molecule has 2 heterocycles. The average molecular weight is 727 g/mol. The molecule has 1 saturated heterocycles. The average Bonchev–Trinajstić information content (AvgIpc) is 3.84. The number of anilines is 1. The number of nitrogens with one attached hydrogen (secondary N) is 2. The number of ether oxygens (including phenoxy) is 1. The zero-order chi connectivity index (χ0) is 36.8. The van der Waals surface area contributed by atoms with Crippen LogP contribution in [0.2, 0.25) is 0 Å². The molecule has 1 aromatic heterocycles. The lowest BCUT2D eigenvalue weighted by Gasteiger charge is -2.31. The molecule has 2 aromatic carbocycles. The van der Waals surface area contributed by atoms with E-state index < -0.39 is 38.0 Å². The van der Waals surface area contributed by atoms with Crippen LogP contribution in [-0.2, 0) is 19.0 Å². The summed E-state index contributed by atoms with van der Waals surface area (Å²) in [6.45, 7) is 7.68. The summed E-state index contributed by atoms with van der Waals surface area (Å²) in [4.78, 5) is 68.8. The van der Waals surface area contributed by atoms with E-state index in [-0.39, 0.29) is 29.5 Å². The highest BCUT2D eigenvalue weighted by atomic mass is 31.1. The highest BCUT2D eigenvalue weighted by Crippen LogP contribution is 2.34. The summed E-state index contributed by atoms with van der Waals surface area (Å²) >= 11 is 0. The maximum Gasteiger partial charge on any atom is 0.365 e. The molecule has 0 radical (unpaired) electrons. The molecule has 3 N–H and O–H groups in total. The smallest absolute Gasteiger partial charge is 0.365 e. The molecule has 0 bridgehead atoms. The quantitative estimate of drug-likeness (QED) is 0.0427. The van der Waals surface area contributed by atoms with Gasteiger partial charge in [0.15, 0.2) is 5.76 Å². The van der Waals surface area contributed by atoms with Crippen molar-refractivity contribution < 1.29 is 47.2 Å². The first-order valence-corrected chi connectivity index (χ1v) is 18.6. The number of rotatable bonds is 20. The number of amides is 3. The lowest BCUT2D eigenvalue weighted by molar-refractivity contribution is -0.171. The topological polar surface area (TPSA) is 177 Å². The van der Waals surface area contributed by atoms with Gasteiger partial charge in [-0.2, -0.15) is 5.06 Å². The summed E-state index contributed by atoms with van der Waals surface area (Å²) in [5.74, 6) is -1.74. The third kappa shape index (κ3) is 11.1. The summed E-state index contributed by atoms with van der Waals surface area (Å²) in [6.07, 6.45) is 5.92. The highest BCUT2D eigenvalue weighted by molar-refractivity contribution is 7.32. The molecule has 276 valence electrons. The molecule has 3 unspecified atom stereocenters. The number of nitrogens with zero attached hydrogens (tertiary/aromatic N) is 2. The Bertz CT molecular complexity index is 1640. The van der Waals surface area contributed by atoms with Crippen molar-refractivity contribution in [1.82, 2.24) is 15.7 Å². The highest BCUT2D eigenvalue weighted by Gasteiger charge is 2.33. The van der Waals surface area contributed by atoms with E-state index in [0.717, 1.165) is 49.5 Å². The predicted octanol–water partition coefficient (Wildman–Crippen LogP) is 5.72. The Labute approximate surface area is 298 Å². The Morgan fingerprint density at radius 1 is 1.00 bits per heavy atom. The summed E-state index contributed by atoms with van der Waals surface area (Å²) in [5.41, 5.74) is 1.76. The second-order valence-electron chi connectivity index (χ2n) is 12.0. The largest absolute Gasteiger partial charge is 0.494 e. The number of unbranched alkanes of at least 4 members (excludes halogenated alkanes) is 2. The van der Waals surface area contributed by atoms with Crippen molar-refractivity contribution in [3.63, 3.8) is 0 Å². The van der Waals surface area contributed by atoms with Crippen molar-refractivity contribution in [3.8, 4) is 22.8 Å². The maximum atomic E-state index is 13.5. The second kappa shape index (κ2) is 19.5. The molecular formula is C36H47N4O10P. The molecule has 0 aliphatic carbocycles. The van der Waals surface area contributed by atoms with Crippen LogP contribution in [0.1, 0.15) is 86.6 Å². The van der Waals surface area contributed by atoms with Crippen molar-refractivity contribution in [3.05, 3.63) is 65.9 Å². The van der Waals surface area contributed by atoms with Gasteiger partial charge in [0, 0.05) is 30.4 Å². The van der Waals surface area contributed by atoms with Crippen molar-refractivity contribution in [2.45, 2.75) is 71.8 Å². The van der Waals surface area contributed by atoms with Crippen LogP contribution < -0.4 is 24.8 Å². The maximum absolute atomic E-state index is 13.5. The van der Waals surface area contributed by atoms with Crippen molar-refractivity contribution in [2.75, 3.05) is 31.3 Å². The first-order valence-electron chi connectivity index (χ1n) is 17.3. The monoisotopic (exact) mass is 726 g/mol. The number of carbonyl (C=O) groups excluding carboxylic acids is 4. The molecule has 1 fully saturated rings. The minimum atomic E-state index is -3.27. The van der Waals surface area contributed by atoms with E-state index in [0.29, 0.717) is 43.6 Å². The molecule has 0 saturated carbocycles. The molecule has 3 atom stereocenters. The SMILES string of the molecule is CCCCCC(C(=O)NCNC(=O)c1ccc(-c2cc(OCC)cc(O[PH](=O)O)c2)o1)C(CC)N(C=O)OC(=O)c1ccc(N2CCCC2)cc1. The third-order valence-corrected chi connectivity index (χ3v) is 8.96. The molecule has 1 aliphatic rings. The van der Waals surface area contributed by atoms with Crippen molar-refractivity contribution in [2.24, 2.45) is 5.92 Å². The van der Waals surface area contributed by atoms with Gasteiger partial charge in [-0.1, -0.05) is 33.1 Å². The van der Waals surface area contributed by atoms with Gasteiger partial charge in [-0.05, 0) is 81.1 Å². The van der Waals surface area contributed by atoms with Gasteiger partial charge in [-0.25, -0.2) is 9.36 Å². The summed E-state index contributed by atoms with van der Waals surface area (Å²) in [7, 11) is -3.27. The fraction of sp³-hybridized carbons (Fsp3) is 0.444. The Hall–Kier alpha value is -4.81. The molecule has 51 heavy (non-hydrogen) atoms. The number of hydrogen-bond acceptors (Lipinski definition) is 10. The van der Waals surface area contributed by atoms with Gasteiger partial charge in [0.25, 0.3) is 5.91 Å². The Morgan fingerprint density at radius 2 is 1.73 bits per heavy atom. The standard InChI is InChI=1S/C36H47N4O10P/c1-4-7-8-11-30(31(5-2)40(24-41)49-36(44)25-12-14-27(15-13-25)39-18-9-10-19-39)34(42)37-23-38-35(43)33-17-16-32(48-33)26-20-28(47-6-3)22-29(21-26)50-51(45)46/h12-17,20-22,24,30-31,51H,4-11,18-19,23H2,1-3H3,(H,37,42)(H,38,43)(H,45,46). The molecule has 1 aliphatic heterocycles. The fourth-order valence-electron chi connectivity index (χ4n) is 6.02. The molecule has 0 spiro atoms. The van der Waals surface area contributed by atoms with Crippen LogP contribution in [0.25, 0.3) is 11.3 Å². The van der Waals surface area contributed by atoms with Gasteiger partial charge in [0.05, 0.1) is 30.8 Å². The Kier molecular flexibility index (Phi) is 14.9. The minimum absolute atomic E-state index is 0.0438. The van der Waals surface area contributed by atoms with E-state index in [1.54, 1.807) is 38.1 Å². The lowest BCUT2D eigenvalue weighted by Crippen LogP contribution is -2.49. The van der Waals surface area contributed by atoms with E-state index >= 15 is 0 Å². The van der Waals surface area contributed by atoms with E-state index in [9.17, 15) is 28.6 Å². The minimum Gasteiger partial charge on any atom is -0.494 e. The normalized spacial score (nSPS) is 14.2. The molecule has 15 heteroatoms. The number of carbonyl (C=O) groups is 4. The van der Waals surface area contributed by atoms with E-state index in [2.05, 4.69) is 15.5 Å². The van der Waals surface area contributed by atoms with Gasteiger partial charge in [-0.3, -0.25) is 14.4 Å². The fourth-order valence-corrected chi connectivity index (χ4v) is 6.34. The van der Waals surface area contributed by atoms with Gasteiger partial charge < -0.3 is 38.9 Å². The van der Waals surface area contributed by atoms with Gasteiger partial charge in [0.2, 0.25) is 12.3 Å². The molecule has 3 aromatic rings. The van der Waals surface area contributed by atoms with Crippen molar-refractivity contribution in [1.29, 1.82) is 0 Å². The van der Waals surface area contributed by atoms with Crippen molar-refractivity contribution >= 4 is 38.1 Å². The van der Waals surface area contributed by atoms with Crippen LogP contribution in [-0.4, -0.2) is 66.6 Å². The van der Waals surface area contributed by atoms with Crippen LogP contribution in [0, 0.1) is 5.92 Å². The molecule has 3 amide bonds. The first kappa shape index (κ1) is 39.0. The van der Waals surface area contributed by atoms with E-state index in [1.807, 2.05) is 19.1 Å². The van der Waals surface area contributed by atoms with Crippen LogP contribution >= 0.6 is 8.25 Å². The molecule has 14 nitrogen and oxygen atoms in total. The van der Waals surface area contributed by atoms with E-state index in [4.69, 9.17) is 18.5 Å². The zero-order valence-corrected chi connectivity index (χ0v) is 30.2. The summed E-state index contributed by atoms with van der Waals surface area (Å²) in [6, 6.07) is 13.9.